The molecule has 0 spiro atoms. The van der Waals surface area contributed by atoms with Crippen molar-refractivity contribution in [3.8, 4) is 5.75 Å². The molecule has 0 fully saturated rings. The van der Waals surface area contributed by atoms with Crippen molar-refractivity contribution in [2.24, 2.45) is 5.73 Å². The minimum atomic E-state index is -0.434. The van der Waals surface area contributed by atoms with Crippen LogP contribution in [0.3, 0.4) is 0 Å². The Kier molecular flexibility index (Phi) is 4.83. The molecule has 2 rings (SSSR count). The summed E-state index contributed by atoms with van der Waals surface area (Å²) in [6.07, 6.45) is 3.43. The average molecular weight is 291 g/mol. The maximum Gasteiger partial charge on any atom is 0.270 e. The summed E-state index contributed by atoms with van der Waals surface area (Å²) in [7, 11) is 1.53. The second-order valence-corrected chi connectivity index (χ2v) is 4.55. The van der Waals surface area contributed by atoms with Gasteiger partial charge >= 0.3 is 0 Å². The number of nitrogens with zero attached hydrogens (tertiary/aromatic N) is 4. The Balaban J connectivity index is 2.19. The highest BCUT2D eigenvalue weighted by Gasteiger charge is 2.12. The van der Waals surface area contributed by atoms with Crippen molar-refractivity contribution in [1.29, 1.82) is 0 Å². The molecule has 1 aromatic heterocycles. The van der Waals surface area contributed by atoms with Crippen molar-refractivity contribution in [2.75, 3.05) is 13.7 Å². The first kappa shape index (κ1) is 14.9. The SMILES string of the molecule is COc1ccc([N+](=O)[O-])cc1Cn1cc(CCCN)nn1. The van der Waals surface area contributed by atoms with Crippen LogP contribution in [0.25, 0.3) is 0 Å². The molecule has 21 heavy (non-hydrogen) atoms. The van der Waals surface area contributed by atoms with E-state index in [-0.39, 0.29) is 5.69 Å². The monoisotopic (exact) mass is 291 g/mol. The molecular formula is C13H17N5O3. The molecule has 8 nitrogen and oxygen atoms in total. The summed E-state index contributed by atoms with van der Waals surface area (Å²) in [6.45, 7) is 0.964. The van der Waals surface area contributed by atoms with Crippen molar-refractivity contribution in [1.82, 2.24) is 15.0 Å². The van der Waals surface area contributed by atoms with Gasteiger partial charge in [0.25, 0.3) is 5.69 Å². The molecule has 0 aliphatic carbocycles. The van der Waals surface area contributed by atoms with E-state index in [0.717, 1.165) is 18.5 Å². The van der Waals surface area contributed by atoms with E-state index in [1.165, 1.54) is 19.2 Å². The lowest BCUT2D eigenvalue weighted by molar-refractivity contribution is -0.384. The number of aromatic nitrogens is 3. The first-order chi connectivity index (χ1) is 10.1. The molecule has 112 valence electrons. The van der Waals surface area contributed by atoms with E-state index in [1.807, 2.05) is 6.20 Å². The lowest BCUT2D eigenvalue weighted by Gasteiger charge is -2.07. The Bertz CT molecular complexity index is 626. The summed E-state index contributed by atoms with van der Waals surface area (Å²) in [5, 5.41) is 18.9. The fourth-order valence-corrected chi connectivity index (χ4v) is 1.99. The quantitative estimate of drug-likeness (QED) is 0.605. The van der Waals surface area contributed by atoms with Gasteiger partial charge in [0.1, 0.15) is 5.75 Å². The topological polar surface area (TPSA) is 109 Å². The van der Waals surface area contributed by atoms with Crippen molar-refractivity contribution < 1.29 is 9.66 Å². The highest BCUT2D eigenvalue weighted by Crippen LogP contribution is 2.24. The molecule has 1 aromatic carbocycles. The zero-order chi connectivity index (χ0) is 15.2. The van der Waals surface area contributed by atoms with E-state index in [1.54, 1.807) is 10.7 Å². The van der Waals surface area contributed by atoms with E-state index >= 15 is 0 Å². The number of hydrogen-bond donors (Lipinski definition) is 1. The Labute approximate surface area is 121 Å². The summed E-state index contributed by atoms with van der Waals surface area (Å²) >= 11 is 0. The van der Waals surface area contributed by atoms with E-state index in [9.17, 15) is 10.1 Å². The molecule has 0 amide bonds. The van der Waals surface area contributed by atoms with Gasteiger partial charge in [-0.1, -0.05) is 5.21 Å². The Morgan fingerprint density at radius 1 is 1.48 bits per heavy atom. The van der Waals surface area contributed by atoms with Crippen molar-refractivity contribution >= 4 is 5.69 Å². The third-order valence-corrected chi connectivity index (χ3v) is 3.03. The summed E-state index contributed by atoms with van der Waals surface area (Å²) < 4.78 is 6.86. The Morgan fingerprint density at radius 3 is 2.95 bits per heavy atom. The zero-order valence-electron chi connectivity index (χ0n) is 11.7. The molecular weight excluding hydrogens is 274 g/mol. The van der Waals surface area contributed by atoms with Gasteiger partial charge in [0, 0.05) is 23.9 Å². The summed E-state index contributed by atoms with van der Waals surface area (Å²) in [6, 6.07) is 4.48. The number of ether oxygens (including phenoxy) is 1. The highest BCUT2D eigenvalue weighted by molar-refractivity contribution is 5.43. The van der Waals surface area contributed by atoms with Crippen LogP contribution in [0, 0.1) is 10.1 Å². The molecule has 0 radical (unpaired) electrons. The van der Waals surface area contributed by atoms with Crippen molar-refractivity contribution in [3.63, 3.8) is 0 Å². The summed E-state index contributed by atoms with van der Waals surface area (Å²) in [5.74, 6) is 0.583. The Morgan fingerprint density at radius 2 is 2.29 bits per heavy atom. The lowest BCUT2D eigenvalue weighted by atomic mass is 10.1. The molecule has 0 saturated carbocycles. The van der Waals surface area contributed by atoms with Crippen LogP contribution in [-0.4, -0.2) is 33.6 Å². The molecule has 2 aromatic rings. The maximum atomic E-state index is 10.8. The third-order valence-electron chi connectivity index (χ3n) is 3.03. The van der Waals surface area contributed by atoms with Gasteiger partial charge in [0.15, 0.2) is 0 Å². The largest absolute Gasteiger partial charge is 0.496 e. The lowest BCUT2D eigenvalue weighted by Crippen LogP contribution is -2.03. The fraction of sp³-hybridized carbons (Fsp3) is 0.385. The molecule has 0 aliphatic heterocycles. The van der Waals surface area contributed by atoms with Crippen LogP contribution >= 0.6 is 0 Å². The Hall–Kier alpha value is -2.48. The fourth-order valence-electron chi connectivity index (χ4n) is 1.99. The predicted molar refractivity (Wildman–Crippen MR) is 76.1 cm³/mol. The van der Waals surface area contributed by atoms with Gasteiger partial charge in [-0.2, -0.15) is 0 Å². The molecule has 2 N–H and O–H groups in total. The van der Waals surface area contributed by atoms with Crippen LogP contribution in [0.1, 0.15) is 17.7 Å². The van der Waals surface area contributed by atoms with E-state index in [2.05, 4.69) is 10.3 Å². The second-order valence-electron chi connectivity index (χ2n) is 4.55. The van der Waals surface area contributed by atoms with Crippen LogP contribution in [-0.2, 0) is 13.0 Å². The summed E-state index contributed by atoms with van der Waals surface area (Å²) in [5.41, 5.74) is 7.01. The van der Waals surface area contributed by atoms with Crippen LogP contribution in [0.15, 0.2) is 24.4 Å². The van der Waals surface area contributed by atoms with Crippen LogP contribution < -0.4 is 10.5 Å². The second kappa shape index (κ2) is 6.80. The van der Waals surface area contributed by atoms with Gasteiger partial charge in [-0.15, -0.1) is 5.10 Å². The number of aryl methyl sites for hydroxylation is 1. The molecule has 0 bridgehead atoms. The third kappa shape index (κ3) is 3.76. The number of nitro groups is 1. The number of methoxy groups -OCH3 is 1. The molecule has 0 unspecified atom stereocenters. The number of rotatable bonds is 7. The number of benzene rings is 1. The normalized spacial score (nSPS) is 10.6. The van der Waals surface area contributed by atoms with E-state index in [4.69, 9.17) is 10.5 Å². The zero-order valence-corrected chi connectivity index (χ0v) is 11.7. The average Bonchev–Trinajstić information content (AvgIpc) is 2.92. The van der Waals surface area contributed by atoms with Crippen molar-refractivity contribution in [2.45, 2.75) is 19.4 Å². The highest BCUT2D eigenvalue weighted by atomic mass is 16.6. The number of hydrogen-bond acceptors (Lipinski definition) is 6. The smallest absolute Gasteiger partial charge is 0.270 e. The van der Waals surface area contributed by atoms with Gasteiger partial charge in [-0.3, -0.25) is 10.1 Å². The van der Waals surface area contributed by atoms with Crippen LogP contribution in [0.2, 0.25) is 0 Å². The van der Waals surface area contributed by atoms with Gasteiger partial charge in [0.05, 0.1) is 24.3 Å². The number of nitrogens with two attached hydrogens (primary N) is 1. The van der Waals surface area contributed by atoms with Crippen LogP contribution in [0.4, 0.5) is 5.69 Å². The molecule has 0 saturated heterocycles. The van der Waals surface area contributed by atoms with E-state index < -0.39 is 4.92 Å². The molecule has 0 atom stereocenters. The first-order valence-electron chi connectivity index (χ1n) is 6.54. The maximum absolute atomic E-state index is 10.8. The van der Waals surface area contributed by atoms with E-state index in [0.29, 0.717) is 24.4 Å². The first-order valence-corrected chi connectivity index (χ1v) is 6.54. The minimum Gasteiger partial charge on any atom is -0.496 e. The number of non-ortho nitro benzene ring substituents is 1. The predicted octanol–water partition coefficient (Wildman–Crippen LogP) is 1.13. The number of nitro benzene ring substituents is 1. The molecule has 8 heteroatoms. The van der Waals surface area contributed by atoms with Gasteiger partial charge in [0.2, 0.25) is 0 Å². The van der Waals surface area contributed by atoms with Gasteiger partial charge < -0.3 is 10.5 Å². The van der Waals surface area contributed by atoms with Crippen molar-refractivity contribution in [3.05, 3.63) is 45.8 Å². The molecule has 1 heterocycles. The molecule has 0 aliphatic rings. The minimum absolute atomic E-state index is 0.0225. The summed E-state index contributed by atoms with van der Waals surface area (Å²) in [4.78, 5) is 10.4. The van der Waals surface area contributed by atoms with Crippen LogP contribution in [0.5, 0.6) is 5.75 Å². The standard InChI is InChI=1S/C13H17N5O3/c1-21-13-5-4-12(18(19)20)7-10(13)8-17-9-11(15-16-17)3-2-6-14/h4-5,7,9H,2-3,6,8,14H2,1H3. The van der Waals surface area contributed by atoms with Gasteiger partial charge in [-0.25, -0.2) is 4.68 Å². The van der Waals surface area contributed by atoms with Gasteiger partial charge in [-0.05, 0) is 25.5 Å².